The number of carbonyl (C=O) groups is 1. The molecule has 0 spiro atoms. The van der Waals surface area contributed by atoms with Crippen LogP contribution < -0.4 is 5.32 Å². The Balaban J connectivity index is 1.70. The van der Waals surface area contributed by atoms with E-state index in [1.165, 1.54) is 12.8 Å². The van der Waals surface area contributed by atoms with Gasteiger partial charge < -0.3 is 5.32 Å². The molecule has 0 unspecified atom stereocenters. The molecule has 1 aliphatic carbocycles. The number of rotatable bonds is 4. The lowest BCUT2D eigenvalue weighted by Crippen LogP contribution is -2.33. The Kier molecular flexibility index (Phi) is 4.13. The summed E-state index contributed by atoms with van der Waals surface area (Å²) in [5.74, 6) is 0.747. The summed E-state index contributed by atoms with van der Waals surface area (Å²) in [4.78, 5) is 18.0. The minimum atomic E-state index is -0.186. The Labute approximate surface area is 144 Å². The molecule has 2 aromatic heterocycles. The van der Waals surface area contributed by atoms with Gasteiger partial charge in [-0.15, -0.1) is 16.4 Å². The van der Waals surface area contributed by atoms with Gasteiger partial charge in [0, 0.05) is 6.04 Å². The molecule has 0 saturated heterocycles. The van der Waals surface area contributed by atoms with E-state index in [4.69, 9.17) is 0 Å². The second-order valence-corrected chi connectivity index (χ2v) is 6.89. The molecule has 1 amide bonds. The molecule has 5 nitrogen and oxygen atoms in total. The number of para-hydroxylation sites is 1. The lowest BCUT2D eigenvalue weighted by Gasteiger charge is -2.09. The molecule has 1 aliphatic rings. The molecular formula is C18H18N4OS. The second kappa shape index (κ2) is 6.57. The maximum absolute atomic E-state index is 12.5. The average Bonchev–Trinajstić information content (AvgIpc) is 3.36. The zero-order valence-electron chi connectivity index (χ0n) is 13.2. The van der Waals surface area contributed by atoms with E-state index >= 15 is 0 Å². The molecule has 0 aliphatic heterocycles. The number of nitrogens with zero attached hydrogens (tertiary/aromatic N) is 3. The van der Waals surface area contributed by atoms with Crippen molar-refractivity contribution in [2.24, 2.45) is 0 Å². The molecule has 0 radical (unpaired) electrons. The van der Waals surface area contributed by atoms with Crippen molar-refractivity contribution >= 4 is 17.2 Å². The molecule has 0 bridgehead atoms. The van der Waals surface area contributed by atoms with Crippen LogP contribution in [0.1, 0.15) is 36.3 Å². The predicted octanol–water partition coefficient (Wildman–Crippen LogP) is 3.67. The highest BCUT2D eigenvalue weighted by molar-refractivity contribution is 7.13. The largest absolute Gasteiger partial charge is 0.347 e. The van der Waals surface area contributed by atoms with E-state index in [1.54, 1.807) is 16.0 Å². The fourth-order valence-electron chi connectivity index (χ4n) is 3.04. The number of nitrogens with one attached hydrogen (secondary N) is 1. The molecule has 6 heteroatoms. The van der Waals surface area contributed by atoms with E-state index in [1.807, 2.05) is 47.8 Å². The number of thiophene rings is 1. The molecule has 2 heterocycles. The Morgan fingerprint density at radius 3 is 2.62 bits per heavy atom. The quantitative estimate of drug-likeness (QED) is 0.789. The van der Waals surface area contributed by atoms with Crippen molar-refractivity contribution in [3.63, 3.8) is 0 Å². The third-order valence-electron chi connectivity index (χ3n) is 4.24. The molecule has 24 heavy (non-hydrogen) atoms. The van der Waals surface area contributed by atoms with Crippen LogP contribution in [-0.2, 0) is 0 Å². The Morgan fingerprint density at radius 2 is 1.92 bits per heavy atom. The number of hydrogen-bond donors (Lipinski definition) is 1. The van der Waals surface area contributed by atoms with Gasteiger partial charge in [0.25, 0.3) is 5.91 Å². The van der Waals surface area contributed by atoms with Crippen LogP contribution >= 0.6 is 11.3 Å². The van der Waals surface area contributed by atoms with Crippen LogP contribution in [0, 0.1) is 0 Å². The van der Waals surface area contributed by atoms with Gasteiger partial charge in [-0.1, -0.05) is 37.1 Å². The molecule has 1 saturated carbocycles. The average molecular weight is 338 g/mol. The van der Waals surface area contributed by atoms with Gasteiger partial charge in [-0.25, -0.2) is 9.67 Å². The van der Waals surface area contributed by atoms with Gasteiger partial charge in [0.15, 0.2) is 5.82 Å². The van der Waals surface area contributed by atoms with Crippen molar-refractivity contribution in [2.45, 2.75) is 31.7 Å². The van der Waals surface area contributed by atoms with Crippen molar-refractivity contribution < 1.29 is 4.79 Å². The molecule has 1 fully saturated rings. The van der Waals surface area contributed by atoms with Crippen molar-refractivity contribution in [3.05, 3.63) is 53.7 Å². The van der Waals surface area contributed by atoms with Crippen LogP contribution in [-0.4, -0.2) is 26.7 Å². The molecule has 1 N–H and O–H groups in total. The van der Waals surface area contributed by atoms with Gasteiger partial charge in [0.05, 0.1) is 10.6 Å². The molecule has 3 aromatic rings. The van der Waals surface area contributed by atoms with Crippen LogP contribution in [0.25, 0.3) is 16.4 Å². The summed E-state index contributed by atoms with van der Waals surface area (Å²) in [5, 5.41) is 9.53. The van der Waals surface area contributed by atoms with Crippen molar-refractivity contribution in [2.75, 3.05) is 0 Å². The Bertz CT molecular complexity index is 820. The van der Waals surface area contributed by atoms with E-state index in [9.17, 15) is 4.79 Å². The van der Waals surface area contributed by atoms with Gasteiger partial charge in [-0.2, -0.15) is 0 Å². The topological polar surface area (TPSA) is 59.8 Å². The normalized spacial score (nSPS) is 14.8. The molecule has 1 aromatic carbocycles. The molecule has 4 rings (SSSR count). The van der Waals surface area contributed by atoms with E-state index in [0.29, 0.717) is 5.82 Å². The van der Waals surface area contributed by atoms with Crippen LogP contribution in [0.15, 0.2) is 47.8 Å². The van der Waals surface area contributed by atoms with Gasteiger partial charge >= 0.3 is 0 Å². The molecular weight excluding hydrogens is 320 g/mol. The predicted molar refractivity (Wildman–Crippen MR) is 94.4 cm³/mol. The van der Waals surface area contributed by atoms with E-state index in [-0.39, 0.29) is 17.8 Å². The second-order valence-electron chi connectivity index (χ2n) is 5.94. The van der Waals surface area contributed by atoms with E-state index < -0.39 is 0 Å². The van der Waals surface area contributed by atoms with Crippen molar-refractivity contribution in [3.8, 4) is 16.4 Å². The Morgan fingerprint density at radius 1 is 1.12 bits per heavy atom. The van der Waals surface area contributed by atoms with E-state index in [0.717, 1.165) is 23.4 Å². The number of aromatic nitrogens is 3. The van der Waals surface area contributed by atoms with Crippen LogP contribution in [0.2, 0.25) is 0 Å². The third-order valence-corrected chi connectivity index (χ3v) is 5.11. The Hall–Kier alpha value is -2.47. The maximum atomic E-state index is 12.5. The zero-order valence-corrected chi connectivity index (χ0v) is 14.0. The first-order valence-electron chi connectivity index (χ1n) is 8.18. The van der Waals surface area contributed by atoms with E-state index in [2.05, 4.69) is 15.4 Å². The summed E-state index contributed by atoms with van der Waals surface area (Å²) in [5.41, 5.74) is 0.897. The minimum Gasteiger partial charge on any atom is -0.347 e. The first kappa shape index (κ1) is 15.1. The first-order chi connectivity index (χ1) is 11.8. The SMILES string of the molecule is O=C(NC1CCCC1)c1nc(-c2cccs2)n(-c2ccccc2)n1. The smallest absolute Gasteiger partial charge is 0.291 e. The number of carbonyl (C=O) groups excluding carboxylic acids is 1. The van der Waals surface area contributed by atoms with Gasteiger partial charge in [-0.3, -0.25) is 4.79 Å². The number of benzene rings is 1. The standard InChI is InChI=1S/C18H18N4OS/c23-18(19-13-7-4-5-8-13)16-20-17(15-11-6-12-24-15)22(21-16)14-9-2-1-3-10-14/h1-3,6,9-13H,4-5,7-8H2,(H,19,23). The van der Waals surface area contributed by atoms with Crippen molar-refractivity contribution in [1.29, 1.82) is 0 Å². The summed E-state index contributed by atoms with van der Waals surface area (Å²) in [6.45, 7) is 0. The summed E-state index contributed by atoms with van der Waals surface area (Å²) >= 11 is 1.59. The fraction of sp³-hybridized carbons (Fsp3) is 0.278. The van der Waals surface area contributed by atoms with Crippen LogP contribution in [0.4, 0.5) is 0 Å². The minimum absolute atomic E-state index is 0.186. The highest BCUT2D eigenvalue weighted by atomic mass is 32.1. The maximum Gasteiger partial charge on any atom is 0.291 e. The summed E-state index contributed by atoms with van der Waals surface area (Å²) in [6.07, 6.45) is 4.44. The van der Waals surface area contributed by atoms with Gasteiger partial charge in [-0.05, 0) is 36.4 Å². The first-order valence-corrected chi connectivity index (χ1v) is 9.06. The summed E-state index contributed by atoms with van der Waals surface area (Å²) in [6, 6.07) is 14.0. The number of amides is 1. The highest BCUT2D eigenvalue weighted by Crippen LogP contribution is 2.25. The summed E-state index contributed by atoms with van der Waals surface area (Å²) < 4.78 is 1.75. The lowest BCUT2D eigenvalue weighted by molar-refractivity contribution is 0.0927. The zero-order chi connectivity index (χ0) is 16.4. The van der Waals surface area contributed by atoms with Gasteiger partial charge in [0.1, 0.15) is 0 Å². The summed E-state index contributed by atoms with van der Waals surface area (Å²) in [7, 11) is 0. The lowest BCUT2D eigenvalue weighted by atomic mass is 10.2. The van der Waals surface area contributed by atoms with Crippen LogP contribution in [0.5, 0.6) is 0 Å². The highest BCUT2D eigenvalue weighted by Gasteiger charge is 2.23. The fourth-order valence-corrected chi connectivity index (χ4v) is 3.74. The monoisotopic (exact) mass is 338 g/mol. The van der Waals surface area contributed by atoms with Gasteiger partial charge in [0.2, 0.25) is 5.82 Å². The van der Waals surface area contributed by atoms with Crippen LogP contribution in [0.3, 0.4) is 0 Å². The number of hydrogen-bond acceptors (Lipinski definition) is 4. The third kappa shape index (κ3) is 2.97. The molecule has 0 atom stereocenters. The molecule has 122 valence electrons. The van der Waals surface area contributed by atoms with Crippen molar-refractivity contribution in [1.82, 2.24) is 20.1 Å².